The van der Waals surface area contributed by atoms with Crippen molar-refractivity contribution in [1.29, 1.82) is 0 Å². The lowest BCUT2D eigenvalue weighted by Gasteiger charge is -2.00. The number of Topliss-reactive ketones (excluding diaryl/α,β-unsaturated/α-hetero) is 1. The molecule has 0 saturated carbocycles. The third-order valence-electron chi connectivity index (χ3n) is 3.01. The van der Waals surface area contributed by atoms with Crippen LogP contribution in [0.25, 0.3) is 5.69 Å². The van der Waals surface area contributed by atoms with Crippen LogP contribution < -0.4 is 0 Å². The maximum atomic E-state index is 12.2. The van der Waals surface area contributed by atoms with Crippen LogP contribution >= 0.6 is 0 Å². The molecule has 0 atom stereocenters. The fourth-order valence-electron chi connectivity index (χ4n) is 1.97. The first kappa shape index (κ1) is 12.3. The zero-order valence-electron chi connectivity index (χ0n) is 10.8. The number of aromatic nitrogens is 3. The molecule has 0 aliphatic heterocycles. The predicted molar refractivity (Wildman–Crippen MR) is 75.8 cm³/mol. The molecule has 0 fully saturated rings. The first-order chi connectivity index (χ1) is 9.83. The summed E-state index contributed by atoms with van der Waals surface area (Å²) in [5.41, 5.74) is 2.36. The van der Waals surface area contributed by atoms with E-state index in [0.717, 1.165) is 11.3 Å². The normalized spacial score (nSPS) is 10.4. The van der Waals surface area contributed by atoms with Crippen LogP contribution in [-0.4, -0.2) is 20.5 Å². The highest BCUT2D eigenvalue weighted by atomic mass is 16.1. The Hall–Kier alpha value is -2.75. The van der Waals surface area contributed by atoms with Gasteiger partial charge in [0.1, 0.15) is 5.69 Å². The Morgan fingerprint density at radius 2 is 1.75 bits per heavy atom. The zero-order chi connectivity index (χ0) is 13.8. The number of rotatable bonds is 4. The van der Waals surface area contributed by atoms with Gasteiger partial charge in [0.25, 0.3) is 0 Å². The SMILES string of the molecule is O=C(Cc1ccncc1)c1ccn(-c2ccccc2)n1. The van der Waals surface area contributed by atoms with Gasteiger partial charge in [-0.25, -0.2) is 4.68 Å². The van der Waals surface area contributed by atoms with Gasteiger partial charge in [0.05, 0.1) is 5.69 Å². The van der Waals surface area contributed by atoms with E-state index in [4.69, 9.17) is 0 Å². The minimum Gasteiger partial charge on any atom is -0.292 e. The highest BCUT2D eigenvalue weighted by molar-refractivity contribution is 5.95. The zero-order valence-corrected chi connectivity index (χ0v) is 10.8. The Balaban J connectivity index is 1.79. The van der Waals surface area contributed by atoms with Crippen LogP contribution in [0.3, 0.4) is 0 Å². The lowest BCUT2D eigenvalue weighted by molar-refractivity contribution is 0.0988. The van der Waals surface area contributed by atoms with Gasteiger partial charge >= 0.3 is 0 Å². The van der Waals surface area contributed by atoms with E-state index in [2.05, 4.69) is 10.1 Å². The molecule has 0 N–H and O–H groups in total. The van der Waals surface area contributed by atoms with Gasteiger partial charge in [-0.3, -0.25) is 9.78 Å². The molecule has 98 valence electrons. The average Bonchev–Trinajstić information content (AvgIpc) is 2.99. The molecule has 0 spiro atoms. The molecule has 2 aromatic heterocycles. The summed E-state index contributed by atoms with van der Waals surface area (Å²) in [5, 5.41) is 4.33. The van der Waals surface area contributed by atoms with Gasteiger partial charge in [-0.1, -0.05) is 18.2 Å². The van der Waals surface area contributed by atoms with E-state index in [1.54, 1.807) is 29.3 Å². The van der Waals surface area contributed by atoms with E-state index in [1.807, 2.05) is 42.5 Å². The third kappa shape index (κ3) is 2.64. The number of benzene rings is 1. The number of carbonyl (C=O) groups is 1. The Labute approximate surface area is 116 Å². The van der Waals surface area contributed by atoms with Crippen LogP contribution in [0.15, 0.2) is 67.1 Å². The van der Waals surface area contributed by atoms with Crippen molar-refractivity contribution < 1.29 is 4.79 Å². The van der Waals surface area contributed by atoms with Crippen molar-refractivity contribution >= 4 is 5.78 Å². The average molecular weight is 263 g/mol. The van der Waals surface area contributed by atoms with E-state index < -0.39 is 0 Å². The molecule has 3 rings (SSSR count). The maximum absolute atomic E-state index is 12.2. The van der Waals surface area contributed by atoms with Gasteiger partial charge in [-0.15, -0.1) is 0 Å². The Bertz CT molecular complexity index is 705. The molecule has 1 aromatic carbocycles. The largest absolute Gasteiger partial charge is 0.292 e. The number of para-hydroxylation sites is 1. The molecule has 4 nitrogen and oxygen atoms in total. The van der Waals surface area contributed by atoms with Gasteiger partial charge < -0.3 is 0 Å². The topological polar surface area (TPSA) is 47.8 Å². The van der Waals surface area contributed by atoms with Crippen molar-refractivity contribution in [3.8, 4) is 5.69 Å². The molecule has 0 aliphatic rings. The third-order valence-corrected chi connectivity index (χ3v) is 3.01. The first-order valence-corrected chi connectivity index (χ1v) is 6.36. The van der Waals surface area contributed by atoms with Crippen LogP contribution in [0, 0.1) is 0 Å². The Kier molecular flexibility index (Phi) is 3.37. The smallest absolute Gasteiger partial charge is 0.187 e. The van der Waals surface area contributed by atoms with Gasteiger partial charge in [0.15, 0.2) is 5.78 Å². The van der Waals surface area contributed by atoms with Crippen molar-refractivity contribution in [2.45, 2.75) is 6.42 Å². The number of nitrogens with zero attached hydrogens (tertiary/aromatic N) is 3. The van der Waals surface area contributed by atoms with Crippen molar-refractivity contribution in [3.63, 3.8) is 0 Å². The maximum Gasteiger partial charge on any atom is 0.187 e. The van der Waals surface area contributed by atoms with E-state index in [-0.39, 0.29) is 5.78 Å². The lowest BCUT2D eigenvalue weighted by atomic mass is 10.1. The second-order valence-corrected chi connectivity index (χ2v) is 4.44. The monoisotopic (exact) mass is 263 g/mol. The van der Waals surface area contributed by atoms with Gasteiger partial charge in [-0.2, -0.15) is 5.10 Å². The summed E-state index contributed by atoms with van der Waals surface area (Å²) in [6.45, 7) is 0. The number of ketones is 1. The molecule has 2 heterocycles. The van der Waals surface area contributed by atoms with E-state index >= 15 is 0 Å². The number of carbonyl (C=O) groups excluding carboxylic acids is 1. The molecule has 0 unspecified atom stereocenters. The fraction of sp³-hybridized carbons (Fsp3) is 0.0625. The predicted octanol–water partition coefficient (Wildman–Crippen LogP) is 2.69. The van der Waals surface area contributed by atoms with Crippen molar-refractivity contribution in [2.24, 2.45) is 0 Å². The van der Waals surface area contributed by atoms with Crippen molar-refractivity contribution in [2.75, 3.05) is 0 Å². The molecule has 0 bridgehead atoms. The molecular weight excluding hydrogens is 250 g/mol. The van der Waals surface area contributed by atoms with Crippen LogP contribution in [0.4, 0.5) is 0 Å². The van der Waals surface area contributed by atoms with Crippen molar-refractivity contribution in [1.82, 2.24) is 14.8 Å². The van der Waals surface area contributed by atoms with Crippen molar-refractivity contribution in [3.05, 3.63) is 78.4 Å². The van der Waals surface area contributed by atoms with Gasteiger partial charge in [-0.05, 0) is 35.9 Å². The Morgan fingerprint density at radius 1 is 1.00 bits per heavy atom. The standard InChI is InChI=1S/C16H13N3O/c20-16(12-13-6-9-17-10-7-13)15-8-11-19(18-15)14-4-2-1-3-5-14/h1-11H,12H2. The van der Waals surface area contributed by atoms with Crippen LogP contribution in [0.5, 0.6) is 0 Å². The van der Waals surface area contributed by atoms with E-state index in [0.29, 0.717) is 12.1 Å². The Morgan fingerprint density at radius 3 is 2.50 bits per heavy atom. The summed E-state index contributed by atoms with van der Waals surface area (Å²) < 4.78 is 1.71. The van der Waals surface area contributed by atoms with Crippen LogP contribution in [0.2, 0.25) is 0 Å². The second kappa shape index (κ2) is 5.48. The number of hydrogen-bond donors (Lipinski definition) is 0. The summed E-state index contributed by atoms with van der Waals surface area (Å²) in [6, 6.07) is 15.1. The summed E-state index contributed by atoms with van der Waals surface area (Å²) >= 11 is 0. The number of hydrogen-bond acceptors (Lipinski definition) is 3. The molecule has 0 amide bonds. The van der Waals surface area contributed by atoms with E-state index in [9.17, 15) is 4.79 Å². The summed E-state index contributed by atoms with van der Waals surface area (Å²) in [5.74, 6) is 0.00545. The molecule has 3 aromatic rings. The number of pyridine rings is 1. The van der Waals surface area contributed by atoms with Gasteiger partial charge in [0, 0.05) is 25.0 Å². The summed E-state index contributed by atoms with van der Waals surface area (Å²) in [4.78, 5) is 16.1. The minimum atomic E-state index is 0.00545. The lowest BCUT2D eigenvalue weighted by Crippen LogP contribution is -2.05. The molecule has 20 heavy (non-hydrogen) atoms. The van der Waals surface area contributed by atoms with Crippen LogP contribution in [0.1, 0.15) is 16.1 Å². The first-order valence-electron chi connectivity index (χ1n) is 6.36. The van der Waals surface area contributed by atoms with Crippen LogP contribution in [-0.2, 0) is 6.42 Å². The summed E-state index contributed by atoms with van der Waals surface area (Å²) in [7, 11) is 0. The molecule has 4 heteroatoms. The molecule has 0 aliphatic carbocycles. The van der Waals surface area contributed by atoms with E-state index in [1.165, 1.54) is 0 Å². The quantitative estimate of drug-likeness (QED) is 0.680. The fourth-order valence-corrected chi connectivity index (χ4v) is 1.97. The highest BCUT2D eigenvalue weighted by Crippen LogP contribution is 2.09. The summed E-state index contributed by atoms with van der Waals surface area (Å²) in [6.07, 6.45) is 5.51. The second-order valence-electron chi connectivity index (χ2n) is 4.44. The highest BCUT2D eigenvalue weighted by Gasteiger charge is 2.10. The molecule has 0 radical (unpaired) electrons. The molecule has 0 saturated heterocycles. The van der Waals surface area contributed by atoms with Gasteiger partial charge in [0.2, 0.25) is 0 Å². The minimum absolute atomic E-state index is 0.00545. The molecular formula is C16H13N3O.